The monoisotopic (exact) mass is 328 g/mol. The van der Waals surface area contributed by atoms with Crippen LogP contribution in [0.4, 0.5) is 0 Å². The minimum absolute atomic E-state index is 0.166. The van der Waals surface area contributed by atoms with E-state index in [0.717, 1.165) is 37.1 Å². The van der Waals surface area contributed by atoms with Gasteiger partial charge in [-0.15, -0.1) is 0 Å². The largest absolute Gasteiger partial charge is 0.387 e. The van der Waals surface area contributed by atoms with Gasteiger partial charge >= 0.3 is 0 Å². The van der Waals surface area contributed by atoms with Gasteiger partial charge in [-0.05, 0) is 37.9 Å². The number of aliphatic hydroxyl groups excluding tert-OH is 1. The van der Waals surface area contributed by atoms with Crippen LogP contribution in [0.2, 0.25) is 0 Å². The number of carbonyl (C=O) groups excluding carboxylic acids is 1. The first kappa shape index (κ1) is 16.7. The Labute approximate surface area is 141 Å². The Morgan fingerprint density at radius 3 is 2.92 bits per heavy atom. The Morgan fingerprint density at radius 2 is 2.21 bits per heavy atom. The van der Waals surface area contributed by atoms with Crippen molar-refractivity contribution >= 4 is 5.91 Å². The normalized spacial score (nSPS) is 19.0. The molecule has 1 amide bonds. The molecule has 0 bridgehead atoms. The summed E-state index contributed by atoms with van der Waals surface area (Å²) in [5.41, 5.74) is 2.31. The summed E-state index contributed by atoms with van der Waals surface area (Å²) < 4.78 is 1.86. The van der Waals surface area contributed by atoms with Crippen LogP contribution in [0, 0.1) is 6.92 Å². The highest BCUT2D eigenvalue weighted by atomic mass is 16.3. The fraction of sp³-hybridized carbons (Fsp3) is 0.444. The van der Waals surface area contributed by atoms with Crippen LogP contribution in [0.25, 0.3) is 0 Å². The maximum Gasteiger partial charge on any atom is 0.271 e. The number of carbonyl (C=O) groups is 1. The zero-order valence-corrected chi connectivity index (χ0v) is 13.9. The molecule has 24 heavy (non-hydrogen) atoms. The average molecular weight is 328 g/mol. The van der Waals surface area contributed by atoms with Crippen molar-refractivity contribution in [2.45, 2.75) is 31.9 Å². The van der Waals surface area contributed by atoms with Crippen molar-refractivity contribution in [1.82, 2.24) is 20.4 Å². The van der Waals surface area contributed by atoms with Crippen molar-refractivity contribution < 1.29 is 9.90 Å². The summed E-state index contributed by atoms with van der Waals surface area (Å²) in [7, 11) is 0. The van der Waals surface area contributed by atoms with Gasteiger partial charge in [-0.3, -0.25) is 9.48 Å². The predicted molar refractivity (Wildman–Crippen MR) is 91.8 cm³/mol. The molecule has 2 aromatic rings. The number of piperidine rings is 1. The Kier molecular flexibility index (Phi) is 5.27. The van der Waals surface area contributed by atoms with Gasteiger partial charge in [0.15, 0.2) is 0 Å². The average Bonchev–Trinajstić information content (AvgIpc) is 3.11. The Bertz CT molecular complexity index is 675. The number of aliphatic hydroxyl groups is 1. The smallest absolute Gasteiger partial charge is 0.271 e. The molecule has 0 spiro atoms. The van der Waals surface area contributed by atoms with Crippen molar-refractivity contribution in [3.05, 3.63) is 53.3 Å². The molecule has 2 heterocycles. The highest BCUT2D eigenvalue weighted by molar-refractivity contribution is 5.92. The summed E-state index contributed by atoms with van der Waals surface area (Å²) >= 11 is 0. The molecule has 0 radical (unpaired) electrons. The van der Waals surface area contributed by atoms with Gasteiger partial charge in [0, 0.05) is 19.3 Å². The fourth-order valence-electron chi connectivity index (χ4n) is 2.91. The van der Waals surface area contributed by atoms with Crippen molar-refractivity contribution in [2.24, 2.45) is 0 Å². The lowest BCUT2D eigenvalue weighted by molar-refractivity contribution is 0.0910. The molecule has 0 aliphatic carbocycles. The van der Waals surface area contributed by atoms with Crippen LogP contribution in [0.15, 0.2) is 36.5 Å². The molecular formula is C18H24N4O2. The lowest BCUT2D eigenvalue weighted by Crippen LogP contribution is -2.32. The molecule has 128 valence electrons. The molecular weight excluding hydrogens is 304 g/mol. The number of nitrogens with one attached hydrogen (secondary N) is 2. The molecule has 3 rings (SSSR count). The fourth-order valence-corrected chi connectivity index (χ4v) is 2.91. The maximum atomic E-state index is 12.2. The second kappa shape index (κ2) is 7.59. The summed E-state index contributed by atoms with van der Waals surface area (Å²) in [5, 5.41) is 20.6. The molecule has 3 N–H and O–H groups in total. The lowest BCUT2D eigenvalue weighted by Gasteiger charge is -2.22. The summed E-state index contributed by atoms with van der Waals surface area (Å²) in [6.45, 7) is 4.09. The van der Waals surface area contributed by atoms with Crippen LogP contribution < -0.4 is 10.6 Å². The van der Waals surface area contributed by atoms with Gasteiger partial charge in [0.05, 0.1) is 12.1 Å². The quantitative estimate of drug-likeness (QED) is 0.778. The van der Waals surface area contributed by atoms with Gasteiger partial charge in [0.1, 0.15) is 5.69 Å². The molecule has 1 fully saturated rings. The molecule has 1 saturated heterocycles. The van der Waals surface area contributed by atoms with E-state index in [1.54, 1.807) is 6.07 Å². The van der Waals surface area contributed by atoms with Crippen molar-refractivity contribution in [2.75, 3.05) is 19.6 Å². The van der Waals surface area contributed by atoms with Crippen molar-refractivity contribution in [3.63, 3.8) is 0 Å². The highest BCUT2D eigenvalue weighted by Gasteiger charge is 2.18. The van der Waals surface area contributed by atoms with E-state index in [2.05, 4.69) is 15.7 Å². The van der Waals surface area contributed by atoms with Gasteiger partial charge in [0.2, 0.25) is 0 Å². The van der Waals surface area contributed by atoms with E-state index >= 15 is 0 Å². The van der Waals surface area contributed by atoms with Crippen molar-refractivity contribution in [1.29, 1.82) is 0 Å². The highest BCUT2D eigenvalue weighted by Crippen LogP contribution is 2.16. The summed E-state index contributed by atoms with van der Waals surface area (Å²) in [6.07, 6.45) is 3.32. The van der Waals surface area contributed by atoms with Gasteiger partial charge < -0.3 is 15.7 Å². The molecule has 1 aliphatic rings. The van der Waals surface area contributed by atoms with E-state index in [1.165, 1.54) is 0 Å². The number of aromatic nitrogens is 2. The van der Waals surface area contributed by atoms with E-state index in [-0.39, 0.29) is 12.5 Å². The van der Waals surface area contributed by atoms with Gasteiger partial charge in [-0.2, -0.15) is 5.10 Å². The predicted octanol–water partition coefficient (Wildman–Crippen LogP) is 1.58. The minimum Gasteiger partial charge on any atom is -0.387 e. The number of hydrogen-bond acceptors (Lipinski definition) is 4. The van der Waals surface area contributed by atoms with Crippen LogP contribution in [-0.2, 0) is 0 Å². The number of aryl methyl sites for hydroxylation is 1. The second-order valence-corrected chi connectivity index (χ2v) is 6.32. The van der Waals surface area contributed by atoms with E-state index in [1.807, 2.05) is 42.1 Å². The third-order valence-electron chi connectivity index (χ3n) is 4.40. The number of hydrogen-bond donors (Lipinski definition) is 3. The zero-order chi connectivity index (χ0) is 16.9. The minimum atomic E-state index is -0.723. The van der Waals surface area contributed by atoms with Crippen LogP contribution >= 0.6 is 0 Å². The molecule has 1 aromatic carbocycles. The number of amides is 1. The molecule has 2 atom stereocenters. The van der Waals surface area contributed by atoms with Crippen LogP contribution in [0.1, 0.15) is 46.6 Å². The number of benzene rings is 1. The van der Waals surface area contributed by atoms with E-state index in [9.17, 15) is 9.90 Å². The first-order valence-electron chi connectivity index (χ1n) is 8.42. The Morgan fingerprint density at radius 1 is 1.42 bits per heavy atom. The van der Waals surface area contributed by atoms with Crippen LogP contribution in [-0.4, -0.2) is 40.4 Å². The Balaban J connectivity index is 1.55. The van der Waals surface area contributed by atoms with Crippen LogP contribution in [0.5, 0.6) is 0 Å². The van der Waals surface area contributed by atoms with E-state index in [0.29, 0.717) is 11.7 Å². The number of rotatable bonds is 5. The maximum absolute atomic E-state index is 12.2. The zero-order valence-electron chi connectivity index (χ0n) is 13.9. The second-order valence-electron chi connectivity index (χ2n) is 6.32. The van der Waals surface area contributed by atoms with Gasteiger partial charge in [-0.25, -0.2) is 0 Å². The first-order valence-corrected chi connectivity index (χ1v) is 8.42. The Hall–Kier alpha value is -2.18. The molecule has 6 heteroatoms. The third kappa shape index (κ3) is 4.01. The molecule has 1 aliphatic heterocycles. The standard InChI is InChI=1S/C18H24N4O2/c1-13-4-6-14(7-5-13)17(23)12-20-18(24)16-8-10-22(21-16)15-3-2-9-19-11-15/h4-8,10,15,17,19,23H,2-3,9,11-12H2,1H3,(H,20,24). The van der Waals surface area contributed by atoms with Gasteiger partial charge in [0.25, 0.3) is 5.91 Å². The summed E-state index contributed by atoms with van der Waals surface area (Å²) in [5.74, 6) is -0.260. The first-order chi connectivity index (χ1) is 11.6. The van der Waals surface area contributed by atoms with Gasteiger partial charge in [-0.1, -0.05) is 29.8 Å². The van der Waals surface area contributed by atoms with E-state index in [4.69, 9.17) is 0 Å². The van der Waals surface area contributed by atoms with E-state index < -0.39 is 6.10 Å². The molecule has 0 saturated carbocycles. The molecule has 1 aromatic heterocycles. The third-order valence-corrected chi connectivity index (χ3v) is 4.40. The lowest BCUT2D eigenvalue weighted by atomic mass is 10.1. The summed E-state index contributed by atoms with van der Waals surface area (Å²) in [6, 6.07) is 9.66. The van der Waals surface area contributed by atoms with Crippen molar-refractivity contribution in [3.8, 4) is 0 Å². The molecule has 6 nitrogen and oxygen atoms in total. The topological polar surface area (TPSA) is 79.2 Å². The molecule has 2 unspecified atom stereocenters. The number of nitrogens with zero attached hydrogens (tertiary/aromatic N) is 2. The van der Waals surface area contributed by atoms with Crippen LogP contribution in [0.3, 0.4) is 0 Å². The SMILES string of the molecule is Cc1ccc(C(O)CNC(=O)c2ccn(C3CCCNC3)n2)cc1. The summed E-state index contributed by atoms with van der Waals surface area (Å²) in [4.78, 5) is 12.2.